The van der Waals surface area contributed by atoms with Gasteiger partial charge in [-0.25, -0.2) is 4.79 Å². The molecular weight excluding hydrogens is 145 g/mol. The number of nitrogens with two attached hydrogens (primary N) is 1. The van der Waals surface area contributed by atoms with E-state index in [1.54, 1.807) is 0 Å². The summed E-state index contributed by atoms with van der Waals surface area (Å²) in [6.07, 6.45) is 1.15. The van der Waals surface area contributed by atoms with Crippen LogP contribution in [0.5, 0.6) is 0 Å². The molecule has 0 spiro atoms. The average molecular weight is 151 g/mol. The third-order valence-corrected chi connectivity index (χ3v) is 0.848. The Morgan fingerprint density at radius 1 is 1.40 bits per heavy atom. The molecule has 0 unspecified atom stereocenters. The molecule has 10 heavy (non-hydrogen) atoms. The molecule has 0 saturated carbocycles. The Kier molecular flexibility index (Phi) is 3.41. The molecule has 0 aliphatic rings. The van der Waals surface area contributed by atoms with Gasteiger partial charge in [-0.3, -0.25) is 9.78 Å². The summed E-state index contributed by atoms with van der Waals surface area (Å²) in [6, 6.07) is 0. The molecule has 0 aliphatic carbocycles. The van der Waals surface area contributed by atoms with Gasteiger partial charge in [0.05, 0.1) is 0 Å². The van der Waals surface area contributed by atoms with Gasteiger partial charge in [0.2, 0.25) is 0 Å². The first-order valence-corrected chi connectivity index (χ1v) is 2.27. The zero-order chi connectivity index (χ0) is 6.85. The van der Waals surface area contributed by atoms with Gasteiger partial charge in [-0.2, -0.15) is 0 Å². The summed E-state index contributed by atoms with van der Waals surface area (Å²) in [4.78, 5) is 24.9. The molecule has 0 aromatic carbocycles. The summed E-state index contributed by atoms with van der Waals surface area (Å²) in [6.45, 7) is 0. The number of hydrogen-bond donors (Lipinski definition) is 3. The fourth-order valence-electron chi connectivity index (χ4n) is 0.420. The van der Waals surface area contributed by atoms with Crippen LogP contribution in [0.1, 0.15) is 0 Å². The van der Waals surface area contributed by atoms with Crippen LogP contribution in [0.2, 0.25) is 0 Å². The molecule has 6 heteroatoms. The number of anilines is 1. The predicted molar refractivity (Wildman–Crippen MR) is 39.2 cm³/mol. The molecule has 0 atom stereocenters. The molecule has 1 heterocycles. The predicted octanol–water partition coefficient (Wildman–Crippen LogP) is -2.00. The molecule has 0 bridgehead atoms. The number of aromatic amines is 2. The van der Waals surface area contributed by atoms with Crippen LogP contribution in [0, 0.1) is 0 Å². The summed E-state index contributed by atoms with van der Waals surface area (Å²) >= 11 is 0. The van der Waals surface area contributed by atoms with Crippen LogP contribution in [0.15, 0.2) is 15.8 Å². The van der Waals surface area contributed by atoms with Gasteiger partial charge in [-0.05, 0) is 0 Å². The van der Waals surface area contributed by atoms with E-state index >= 15 is 0 Å². The molecule has 50 valence electrons. The Balaban J connectivity index is 0.000000810. The van der Waals surface area contributed by atoms with Crippen LogP contribution in [0.3, 0.4) is 0 Å². The van der Waals surface area contributed by atoms with Crippen molar-refractivity contribution >= 4 is 35.2 Å². The van der Waals surface area contributed by atoms with Crippen molar-refractivity contribution in [3.05, 3.63) is 27.0 Å². The van der Waals surface area contributed by atoms with E-state index in [1.807, 2.05) is 4.98 Å². The Hall–Kier alpha value is -0.520. The number of aromatic nitrogens is 2. The second-order valence-corrected chi connectivity index (χ2v) is 1.53. The monoisotopic (exact) mass is 151 g/mol. The number of rotatable bonds is 0. The van der Waals surface area contributed by atoms with Crippen molar-refractivity contribution in [1.82, 2.24) is 9.97 Å². The van der Waals surface area contributed by atoms with E-state index in [0.29, 0.717) is 0 Å². The second-order valence-electron chi connectivity index (χ2n) is 1.53. The van der Waals surface area contributed by atoms with Crippen molar-refractivity contribution in [3.8, 4) is 0 Å². The van der Waals surface area contributed by atoms with E-state index in [4.69, 9.17) is 5.73 Å². The molecule has 0 saturated heterocycles. The van der Waals surface area contributed by atoms with Gasteiger partial charge in [0, 0.05) is 6.20 Å². The summed E-state index contributed by atoms with van der Waals surface area (Å²) < 4.78 is 0. The first kappa shape index (κ1) is 9.48. The van der Waals surface area contributed by atoms with Gasteiger partial charge in [0.15, 0.2) is 0 Å². The third-order valence-electron chi connectivity index (χ3n) is 0.848. The van der Waals surface area contributed by atoms with Crippen molar-refractivity contribution < 1.29 is 0 Å². The molecule has 0 fully saturated rings. The number of H-pyrrole nitrogens is 2. The first-order chi connectivity index (χ1) is 4.20. The van der Waals surface area contributed by atoms with Crippen molar-refractivity contribution in [2.75, 3.05) is 5.73 Å². The standard InChI is InChI=1S/C4H5N3O2.Na.H/c5-2-1-6-4(9)7-3(2)8;;/h1H,5H2,(H2,6,7,8,9);;. The minimum absolute atomic E-state index is 0. The number of hydrogen-bond acceptors (Lipinski definition) is 3. The molecular formula is C4H6N3NaO2. The fourth-order valence-corrected chi connectivity index (χ4v) is 0.420. The van der Waals surface area contributed by atoms with E-state index < -0.39 is 11.2 Å². The van der Waals surface area contributed by atoms with E-state index in [9.17, 15) is 9.59 Å². The summed E-state index contributed by atoms with van der Waals surface area (Å²) in [5.41, 5.74) is 3.98. The van der Waals surface area contributed by atoms with Gasteiger partial charge in [-0.1, -0.05) is 0 Å². The summed E-state index contributed by atoms with van der Waals surface area (Å²) in [5.74, 6) is 0. The second kappa shape index (κ2) is 3.60. The molecule has 1 aromatic rings. The van der Waals surface area contributed by atoms with Crippen LogP contribution in [0.25, 0.3) is 0 Å². The fraction of sp³-hybridized carbons (Fsp3) is 0. The topological polar surface area (TPSA) is 91.7 Å². The van der Waals surface area contributed by atoms with Gasteiger partial charge in [-0.15, -0.1) is 0 Å². The van der Waals surface area contributed by atoms with Crippen LogP contribution in [0.4, 0.5) is 5.69 Å². The Morgan fingerprint density at radius 2 is 2.00 bits per heavy atom. The Morgan fingerprint density at radius 3 is 2.40 bits per heavy atom. The molecule has 0 amide bonds. The van der Waals surface area contributed by atoms with E-state index in [1.165, 1.54) is 0 Å². The third kappa shape index (κ3) is 2.02. The van der Waals surface area contributed by atoms with Gasteiger partial charge in [0.1, 0.15) is 5.69 Å². The van der Waals surface area contributed by atoms with Crippen molar-refractivity contribution in [3.63, 3.8) is 0 Å². The average Bonchev–Trinajstić information content (AvgIpc) is 1.80. The summed E-state index contributed by atoms with van der Waals surface area (Å²) in [7, 11) is 0. The molecule has 0 radical (unpaired) electrons. The number of nitrogen functional groups attached to an aromatic ring is 1. The SMILES string of the molecule is Nc1c[nH]c(=O)[nH]c1=O.[NaH]. The van der Waals surface area contributed by atoms with Crippen LogP contribution >= 0.6 is 0 Å². The normalized spacial score (nSPS) is 8.40. The van der Waals surface area contributed by atoms with E-state index in [-0.39, 0.29) is 35.2 Å². The van der Waals surface area contributed by atoms with Gasteiger partial charge in [0.25, 0.3) is 5.56 Å². The molecule has 0 aliphatic heterocycles. The van der Waals surface area contributed by atoms with E-state index in [2.05, 4.69) is 4.98 Å². The molecule has 1 rings (SSSR count). The molecule has 5 nitrogen and oxygen atoms in total. The maximum atomic E-state index is 10.4. The Bertz CT molecular complexity index is 315. The quantitative estimate of drug-likeness (QED) is 0.374. The van der Waals surface area contributed by atoms with Crippen LogP contribution < -0.4 is 17.0 Å². The van der Waals surface area contributed by atoms with Gasteiger partial charge >= 0.3 is 35.2 Å². The van der Waals surface area contributed by atoms with Crippen LogP contribution in [-0.4, -0.2) is 39.5 Å². The van der Waals surface area contributed by atoms with Crippen molar-refractivity contribution in [2.45, 2.75) is 0 Å². The Labute approximate surface area is 77.9 Å². The van der Waals surface area contributed by atoms with Crippen molar-refractivity contribution in [1.29, 1.82) is 0 Å². The van der Waals surface area contributed by atoms with Crippen molar-refractivity contribution in [2.24, 2.45) is 0 Å². The molecule has 4 N–H and O–H groups in total. The zero-order valence-electron chi connectivity index (χ0n) is 4.47. The maximum absolute atomic E-state index is 10.4. The van der Waals surface area contributed by atoms with E-state index in [0.717, 1.165) is 6.20 Å². The van der Waals surface area contributed by atoms with Gasteiger partial charge < -0.3 is 10.7 Å². The van der Waals surface area contributed by atoms with Crippen LogP contribution in [-0.2, 0) is 0 Å². The molecule has 1 aromatic heterocycles. The minimum atomic E-state index is -0.557. The summed E-state index contributed by atoms with van der Waals surface area (Å²) in [5, 5.41) is 0. The zero-order valence-corrected chi connectivity index (χ0v) is 4.47. The number of nitrogens with one attached hydrogen (secondary N) is 2. The first-order valence-electron chi connectivity index (χ1n) is 2.27.